The van der Waals surface area contributed by atoms with Crippen LogP contribution >= 0.6 is 27.3 Å². The molecule has 1 aromatic heterocycles. The average Bonchev–Trinajstić information content (AvgIpc) is 2.70. The number of aromatic nitrogens is 1. The molecule has 4 nitrogen and oxygen atoms in total. The van der Waals surface area contributed by atoms with Crippen molar-refractivity contribution in [3.8, 4) is 0 Å². The molecule has 0 saturated heterocycles. The van der Waals surface area contributed by atoms with E-state index in [-0.39, 0.29) is 5.91 Å². The Balaban J connectivity index is 2.19. The zero-order chi connectivity index (χ0) is 15.0. The number of hydrogen-bond acceptors (Lipinski definition) is 4. The second-order valence-electron chi connectivity index (χ2n) is 6.44. The van der Waals surface area contributed by atoms with E-state index in [0.717, 1.165) is 30.6 Å². The van der Waals surface area contributed by atoms with Gasteiger partial charge >= 0.3 is 0 Å². The van der Waals surface area contributed by atoms with Crippen LogP contribution in [0.5, 0.6) is 0 Å². The van der Waals surface area contributed by atoms with E-state index < -0.39 is 11.0 Å². The van der Waals surface area contributed by atoms with Crippen LogP contribution in [0.1, 0.15) is 57.8 Å². The summed E-state index contributed by atoms with van der Waals surface area (Å²) < 4.78 is 0.649. The van der Waals surface area contributed by atoms with Crippen LogP contribution in [0.3, 0.4) is 0 Å². The van der Waals surface area contributed by atoms with Crippen molar-refractivity contribution in [2.24, 2.45) is 5.41 Å². The monoisotopic (exact) mass is 360 g/mol. The lowest BCUT2D eigenvalue weighted by molar-refractivity contribution is -0.123. The van der Waals surface area contributed by atoms with Gasteiger partial charge in [0, 0.05) is 5.41 Å². The first-order valence-electron chi connectivity index (χ1n) is 6.93. The standard InChI is InChI=1S/C14H21BrN2O2S/c1-13(2,3)11(18)17-12-16-10(15)9(20-12)14(19)7-5-4-6-8-14/h19H,4-8H2,1-3H3,(H,16,17,18). The van der Waals surface area contributed by atoms with Crippen LogP contribution in [0.25, 0.3) is 0 Å². The Morgan fingerprint density at radius 2 is 1.95 bits per heavy atom. The van der Waals surface area contributed by atoms with Gasteiger partial charge in [0.15, 0.2) is 5.13 Å². The fraction of sp³-hybridized carbons (Fsp3) is 0.714. The molecular formula is C14H21BrN2O2S. The maximum atomic E-state index is 12.0. The van der Waals surface area contributed by atoms with Gasteiger partial charge in [-0.25, -0.2) is 4.98 Å². The molecule has 1 fully saturated rings. The predicted molar refractivity (Wildman–Crippen MR) is 84.9 cm³/mol. The summed E-state index contributed by atoms with van der Waals surface area (Å²) in [6, 6.07) is 0. The van der Waals surface area contributed by atoms with Crippen LogP contribution < -0.4 is 5.32 Å². The number of hydrogen-bond donors (Lipinski definition) is 2. The van der Waals surface area contributed by atoms with E-state index in [0.29, 0.717) is 9.73 Å². The smallest absolute Gasteiger partial charge is 0.231 e. The molecule has 2 N–H and O–H groups in total. The molecule has 0 spiro atoms. The number of aliphatic hydroxyl groups is 1. The summed E-state index contributed by atoms with van der Waals surface area (Å²) in [5.41, 5.74) is -1.25. The second kappa shape index (κ2) is 5.73. The van der Waals surface area contributed by atoms with E-state index >= 15 is 0 Å². The van der Waals surface area contributed by atoms with Crippen LogP contribution in [0.4, 0.5) is 5.13 Å². The Morgan fingerprint density at radius 3 is 2.50 bits per heavy atom. The normalized spacial score (nSPS) is 18.9. The molecule has 1 saturated carbocycles. The molecule has 0 atom stereocenters. The topological polar surface area (TPSA) is 62.2 Å². The Morgan fingerprint density at radius 1 is 1.35 bits per heavy atom. The quantitative estimate of drug-likeness (QED) is 0.836. The third-order valence-corrected chi connectivity index (χ3v) is 5.59. The van der Waals surface area contributed by atoms with Crippen molar-refractivity contribution in [3.05, 3.63) is 9.48 Å². The number of carbonyl (C=O) groups is 1. The van der Waals surface area contributed by atoms with Crippen molar-refractivity contribution >= 4 is 38.3 Å². The van der Waals surface area contributed by atoms with E-state index in [9.17, 15) is 9.90 Å². The largest absolute Gasteiger partial charge is 0.384 e. The highest BCUT2D eigenvalue weighted by molar-refractivity contribution is 9.10. The van der Waals surface area contributed by atoms with Crippen LogP contribution in [0.2, 0.25) is 0 Å². The van der Waals surface area contributed by atoms with Gasteiger partial charge in [0.1, 0.15) is 10.2 Å². The minimum Gasteiger partial charge on any atom is -0.384 e. The number of nitrogens with zero attached hydrogens (tertiary/aromatic N) is 1. The molecule has 20 heavy (non-hydrogen) atoms. The molecule has 0 bridgehead atoms. The number of halogens is 1. The zero-order valence-electron chi connectivity index (χ0n) is 12.1. The van der Waals surface area contributed by atoms with Crippen LogP contribution in [0, 0.1) is 5.41 Å². The Kier molecular flexibility index (Phi) is 4.56. The third-order valence-electron chi connectivity index (χ3n) is 3.59. The van der Waals surface area contributed by atoms with E-state index in [1.807, 2.05) is 20.8 Å². The molecule has 1 aromatic rings. The second-order valence-corrected chi connectivity index (χ2v) is 8.19. The van der Waals surface area contributed by atoms with Crippen molar-refractivity contribution in [1.29, 1.82) is 0 Å². The third kappa shape index (κ3) is 3.40. The van der Waals surface area contributed by atoms with Crippen LogP contribution in [-0.2, 0) is 10.4 Å². The molecule has 0 aliphatic heterocycles. The molecular weight excluding hydrogens is 340 g/mol. The molecule has 0 aromatic carbocycles. The average molecular weight is 361 g/mol. The minimum atomic E-state index is -0.792. The minimum absolute atomic E-state index is 0.0686. The summed E-state index contributed by atoms with van der Waals surface area (Å²) in [4.78, 5) is 17.2. The number of nitrogens with one attached hydrogen (secondary N) is 1. The molecule has 6 heteroatoms. The summed E-state index contributed by atoms with van der Waals surface area (Å²) in [5, 5.41) is 14.1. The summed E-state index contributed by atoms with van der Waals surface area (Å²) in [7, 11) is 0. The first-order valence-corrected chi connectivity index (χ1v) is 8.54. The van der Waals surface area contributed by atoms with Gasteiger partial charge < -0.3 is 10.4 Å². The molecule has 1 aliphatic carbocycles. The van der Waals surface area contributed by atoms with Gasteiger partial charge in [-0.15, -0.1) is 0 Å². The Labute approximate surface area is 132 Å². The molecule has 0 radical (unpaired) electrons. The maximum absolute atomic E-state index is 12.0. The number of thiazole rings is 1. The zero-order valence-corrected chi connectivity index (χ0v) is 14.5. The van der Waals surface area contributed by atoms with E-state index in [2.05, 4.69) is 26.2 Å². The number of anilines is 1. The van der Waals surface area contributed by atoms with Crippen molar-refractivity contribution in [3.63, 3.8) is 0 Å². The maximum Gasteiger partial charge on any atom is 0.231 e. The van der Waals surface area contributed by atoms with E-state index in [1.165, 1.54) is 17.8 Å². The van der Waals surface area contributed by atoms with Gasteiger partial charge in [-0.05, 0) is 28.8 Å². The van der Waals surface area contributed by atoms with Gasteiger partial charge in [0.05, 0.1) is 4.88 Å². The van der Waals surface area contributed by atoms with Crippen molar-refractivity contribution in [2.75, 3.05) is 5.32 Å². The molecule has 1 heterocycles. The number of rotatable bonds is 2. The Bertz CT molecular complexity index is 502. The lowest BCUT2D eigenvalue weighted by Gasteiger charge is -2.31. The lowest BCUT2D eigenvalue weighted by atomic mass is 9.84. The molecule has 1 aliphatic rings. The van der Waals surface area contributed by atoms with Gasteiger partial charge in [0.25, 0.3) is 0 Å². The van der Waals surface area contributed by atoms with Gasteiger partial charge in [-0.1, -0.05) is 51.4 Å². The SMILES string of the molecule is CC(C)(C)C(=O)Nc1nc(Br)c(C2(O)CCCCC2)s1. The van der Waals surface area contributed by atoms with Gasteiger partial charge in [-0.2, -0.15) is 0 Å². The van der Waals surface area contributed by atoms with Gasteiger partial charge in [0.2, 0.25) is 5.91 Å². The number of amides is 1. The molecule has 1 amide bonds. The highest BCUT2D eigenvalue weighted by Crippen LogP contribution is 2.44. The fourth-order valence-corrected chi connectivity index (χ4v) is 4.19. The van der Waals surface area contributed by atoms with Crippen molar-refractivity contribution in [1.82, 2.24) is 4.98 Å². The van der Waals surface area contributed by atoms with E-state index in [4.69, 9.17) is 0 Å². The Hall–Kier alpha value is -0.460. The molecule has 2 rings (SSSR count). The van der Waals surface area contributed by atoms with Crippen molar-refractivity contribution < 1.29 is 9.90 Å². The highest BCUT2D eigenvalue weighted by Gasteiger charge is 2.36. The van der Waals surface area contributed by atoms with Gasteiger partial charge in [-0.3, -0.25) is 4.79 Å². The molecule has 0 unspecified atom stereocenters. The predicted octanol–water partition coefficient (Wildman–Crippen LogP) is 4.04. The first-order chi connectivity index (χ1) is 9.22. The first kappa shape index (κ1) is 15.9. The van der Waals surface area contributed by atoms with Crippen LogP contribution in [-0.4, -0.2) is 16.0 Å². The molecule has 112 valence electrons. The summed E-state index contributed by atoms with van der Waals surface area (Å²) >= 11 is 4.79. The lowest BCUT2D eigenvalue weighted by Crippen LogP contribution is -2.28. The summed E-state index contributed by atoms with van der Waals surface area (Å²) in [6.07, 6.45) is 4.77. The van der Waals surface area contributed by atoms with Crippen molar-refractivity contribution in [2.45, 2.75) is 58.5 Å². The fourth-order valence-electron chi connectivity index (χ4n) is 2.29. The van der Waals surface area contributed by atoms with Crippen LogP contribution in [0.15, 0.2) is 4.60 Å². The summed E-state index contributed by atoms with van der Waals surface area (Å²) in [6.45, 7) is 5.59. The number of carbonyl (C=O) groups excluding carboxylic acids is 1. The summed E-state index contributed by atoms with van der Waals surface area (Å²) in [5.74, 6) is -0.0686. The highest BCUT2D eigenvalue weighted by atomic mass is 79.9. The van der Waals surface area contributed by atoms with E-state index in [1.54, 1.807) is 0 Å².